The summed E-state index contributed by atoms with van der Waals surface area (Å²) in [6.45, 7) is 0.247. The number of amides is 1. The minimum absolute atomic E-state index is 0.00297. The molecule has 172 valence electrons. The van der Waals surface area contributed by atoms with Crippen LogP contribution < -0.4 is 24.8 Å². The van der Waals surface area contributed by atoms with Crippen LogP contribution in [0, 0.1) is 10.1 Å². The summed E-state index contributed by atoms with van der Waals surface area (Å²) < 4.78 is 16.1. The predicted molar refractivity (Wildman–Crippen MR) is 121 cm³/mol. The lowest BCUT2D eigenvalue weighted by molar-refractivity contribution is -0.384. The van der Waals surface area contributed by atoms with E-state index >= 15 is 0 Å². The summed E-state index contributed by atoms with van der Waals surface area (Å²) in [4.78, 5) is 28.3. The molecule has 0 bridgehead atoms. The smallest absolute Gasteiger partial charge is 0.269 e. The van der Waals surface area contributed by atoms with Gasteiger partial charge in [0.05, 0.1) is 39.3 Å². The number of hydrogen-bond donors (Lipinski definition) is 2. The number of aliphatic imine (C=N–C) groups is 1. The third-order valence-corrected chi connectivity index (χ3v) is 4.40. The minimum Gasteiger partial charge on any atom is -0.493 e. The molecule has 2 N–H and O–H groups in total. The first-order valence-electron chi connectivity index (χ1n) is 9.57. The molecule has 11 nitrogen and oxygen atoms in total. The van der Waals surface area contributed by atoms with E-state index < -0.39 is 4.92 Å². The Morgan fingerprint density at radius 2 is 1.66 bits per heavy atom. The average Bonchev–Trinajstić information content (AvgIpc) is 2.79. The van der Waals surface area contributed by atoms with E-state index in [9.17, 15) is 14.9 Å². The van der Waals surface area contributed by atoms with Gasteiger partial charge in [-0.3, -0.25) is 14.9 Å². The lowest BCUT2D eigenvalue weighted by Crippen LogP contribution is -2.39. The molecule has 0 atom stereocenters. The molecule has 0 saturated carbocycles. The number of anilines is 1. The van der Waals surface area contributed by atoms with E-state index in [4.69, 9.17) is 14.2 Å². The summed E-state index contributed by atoms with van der Waals surface area (Å²) in [7, 11) is 7.85. The molecular weight excluding hydrogens is 418 g/mol. The fraction of sp³-hybridized carbons (Fsp3) is 0.333. The Bertz CT molecular complexity index is 950. The number of methoxy groups -OCH3 is 3. The number of nitro groups is 1. The van der Waals surface area contributed by atoms with Gasteiger partial charge in [0.25, 0.3) is 5.69 Å². The SMILES string of the molecule is COc1cc(NC(=NCc2ccc([N+](=O)[O-])cc2)NCC(=O)N(C)C)cc(OC)c1OC. The van der Waals surface area contributed by atoms with Crippen LogP contribution in [0.2, 0.25) is 0 Å². The Labute approximate surface area is 186 Å². The fourth-order valence-electron chi connectivity index (χ4n) is 2.64. The molecule has 0 aliphatic heterocycles. The van der Waals surface area contributed by atoms with Crippen molar-refractivity contribution in [2.24, 2.45) is 4.99 Å². The van der Waals surface area contributed by atoms with Crippen LogP contribution in [0.1, 0.15) is 5.56 Å². The maximum Gasteiger partial charge on any atom is 0.269 e. The van der Waals surface area contributed by atoms with Crippen LogP contribution in [0.25, 0.3) is 0 Å². The van der Waals surface area contributed by atoms with Gasteiger partial charge in [-0.05, 0) is 5.56 Å². The molecule has 0 heterocycles. The van der Waals surface area contributed by atoms with Crippen molar-refractivity contribution in [2.45, 2.75) is 6.54 Å². The highest BCUT2D eigenvalue weighted by Crippen LogP contribution is 2.39. The number of nitro benzene ring substituents is 1. The van der Waals surface area contributed by atoms with Gasteiger partial charge in [0.1, 0.15) is 0 Å². The number of guanidine groups is 1. The van der Waals surface area contributed by atoms with Gasteiger partial charge >= 0.3 is 0 Å². The molecule has 0 aliphatic rings. The lowest BCUT2D eigenvalue weighted by atomic mass is 10.2. The summed E-state index contributed by atoms with van der Waals surface area (Å²) in [5.74, 6) is 1.54. The van der Waals surface area contributed by atoms with Crippen LogP contribution in [0.4, 0.5) is 11.4 Å². The van der Waals surface area contributed by atoms with Crippen LogP contribution in [0.15, 0.2) is 41.4 Å². The van der Waals surface area contributed by atoms with Gasteiger partial charge in [0.15, 0.2) is 17.5 Å². The summed E-state index contributed by atoms with van der Waals surface area (Å²) in [5.41, 5.74) is 1.36. The van der Waals surface area contributed by atoms with Gasteiger partial charge in [0.2, 0.25) is 11.7 Å². The maximum absolute atomic E-state index is 12.0. The third kappa shape index (κ3) is 6.49. The Kier molecular flexibility index (Phi) is 8.63. The number of rotatable bonds is 9. The van der Waals surface area contributed by atoms with Crippen LogP contribution >= 0.6 is 0 Å². The second kappa shape index (κ2) is 11.4. The predicted octanol–water partition coefficient (Wildman–Crippen LogP) is 2.27. The number of nitrogens with one attached hydrogen (secondary N) is 2. The van der Waals surface area contributed by atoms with Gasteiger partial charge in [-0.2, -0.15) is 0 Å². The summed E-state index contributed by atoms with van der Waals surface area (Å²) in [6.07, 6.45) is 0. The van der Waals surface area contributed by atoms with Gasteiger partial charge in [-0.15, -0.1) is 0 Å². The highest BCUT2D eigenvalue weighted by atomic mass is 16.6. The van der Waals surface area contributed by atoms with E-state index in [0.29, 0.717) is 28.9 Å². The molecule has 0 unspecified atom stereocenters. The third-order valence-electron chi connectivity index (χ3n) is 4.40. The van der Waals surface area contributed by atoms with Crippen LogP contribution in [0.5, 0.6) is 17.2 Å². The summed E-state index contributed by atoms with van der Waals surface area (Å²) in [5, 5.41) is 16.9. The number of nitrogens with zero attached hydrogens (tertiary/aromatic N) is 3. The van der Waals surface area contributed by atoms with Crippen molar-refractivity contribution < 1.29 is 23.9 Å². The van der Waals surface area contributed by atoms with Crippen LogP contribution in [-0.4, -0.2) is 63.7 Å². The molecule has 1 amide bonds. The Hall–Kier alpha value is -4.02. The minimum atomic E-state index is -0.459. The van der Waals surface area contributed by atoms with Crippen molar-refractivity contribution in [2.75, 3.05) is 47.3 Å². The lowest BCUT2D eigenvalue weighted by Gasteiger charge is -2.17. The molecule has 0 radical (unpaired) electrons. The van der Waals surface area contributed by atoms with Crippen molar-refractivity contribution in [3.8, 4) is 17.2 Å². The number of likely N-dealkylation sites (N-methyl/N-ethyl adjacent to an activating group) is 1. The fourth-order valence-corrected chi connectivity index (χ4v) is 2.64. The second-order valence-corrected chi connectivity index (χ2v) is 6.77. The molecule has 0 saturated heterocycles. The summed E-state index contributed by atoms with van der Waals surface area (Å²) in [6, 6.07) is 9.50. The maximum atomic E-state index is 12.0. The zero-order valence-electron chi connectivity index (χ0n) is 18.7. The standard InChI is InChI=1S/C21H27N5O6/c1-25(2)19(27)13-23-21(22-12-14-6-8-16(9-7-14)26(28)29)24-15-10-17(30-3)20(32-5)18(11-15)31-4/h6-11H,12-13H2,1-5H3,(H2,22,23,24). The van der Waals surface area contributed by atoms with Crippen molar-refractivity contribution >= 4 is 23.2 Å². The number of hydrogen-bond acceptors (Lipinski definition) is 7. The van der Waals surface area contributed by atoms with E-state index in [1.165, 1.54) is 38.4 Å². The summed E-state index contributed by atoms with van der Waals surface area (Å²) >= 11 is 0. The molecule has 11 heteroatoms. The number of carbonyl (C=O) groups is 1. The van der Waals surface area contributed by atoms with Crippen molar-refractivity contribution in [1.82, 2.24) is 10.2 Å². The van der Waals surface area contributed by atoms with Gasteiger partial charge in [-0.1, -0.05) is 12.1 Å². The monoisotopic (exact) mass is 445 g/mol. The average molecular weight is 445 g/mol. The highest BCUT2D eigenvalue weighted by molar-refractivity contribution is 5.96. The topological polar surface area (TPSA) is 128 Å². The largest absolute Gasteiger partial charge is 0.493 e. The van der Waals surface area contributed by atoms with E-state index in [0.717, 1.165) is 5.56 Å². The Balaban J connectivity index is 2.29. The number of carbonyl (C=O) groups excluding carboxylic acids is 1. The molecule has 2 aromatic carbocycles. The van der Waals surface area contributed by atoms with Crippen LogP contribution in [0.3, 0.4) is 0 Å². The number of ether oxygens (including phenoxy) is 3. The van der Waals surface area contributed by atoms with Crippen molar-refractivity contribution in [1.29, 1.82) is 0 Å². The first-order valence-corrected chi connectivity index (χ1v) is 9.57. The molecule has 0 aromatic heterocycles. The molecule has 0 aliphatic carbocycles. The second-order valence-electron chi connectivity index (χ2n) is 6.77. The number of benzene rings is 2. The first-order chi connectivity index (χ1) is 15.3. The zero-order chi connectivity index (χ0) is 23.7. The molecule has 0 spiro atoms. The highest BCUT2D eigenvalue weighted by Gasteiger charge is 2.15. The first kappa shape index (κ1) is 24.3. The molecule has 2 aromatic rings. The van der Waals surface area contributed by atoms with Crippen molar-refractivity contribution in [3.05, 3.63) is 52.1 Å². The zero-order valence-corrected chi connectivity index (χ0v) is 18.7. The van der Waals surface area contributed by atoms with E-state index in [-0.39, 0.29) is 24.7 Å². The van der Waals surface area contributed by atoms with E-state index in [2.05, 4.69) is 15.6 Å². The molecule has 2 rings (SSSR count). The van der Waals surface area contributed by atoms with Crippen molar-refractivity contribution in [3.63, 3.8) is 0 Å². The Morgan fingerprint density at radius 1 is 1.06 bits per heavy atom. The van der Waals surface area contributed by atoms with Crippen LogP contribution in [-0.2, 0) is 11.3 Å². The Morgan fingerprint density at radius 3 is 2.12 bits per heavy atom. The van der Waals surface area contributed by atoms with Gasteiger partial charge in [-0.25, -0.2) is 4.99 Å². The molecular formula is C21H27N5O6. The molecule has 0 fully saturated rings. The van der Waals surface area contributed by atoms with Gasteiger partial charge in [0, 0.05) is 44.0 Å². The normalized spacial score (nSPS) is 10.8. The molecule has 32 heavy (non-hydrogen) atoms. The number of non-ortho nitro benzene ring substituents is 1. The van der Waals surface area contributed by atoms with Gasteiger partial charge < -0.3 is 29.7 Å². The quantitative estimate of drug-likeness (QED) is 0.260. The van der Waals surface area contributed by atoms with E-state index in [1.807, 2.05) is 0 Å². The van der Waals surface area contributed by atoms with E-state index in [1.54, 1.807) is 38.4 Å².